The van der Waals surface area contributed by atoms with Gasteiger partial charge in [0.15, 0.2) is 11.5 Å². The number of nitrogens with zero attached hydrogens (tertiary/aromatic N) is 3. The molecule has 2 aliphatic rings. The number of aromatic nitrogens is 2. The highest BCUT2D eigenvalue weighted by atomic mass is 16.6. The van der Waals surface area contributed by atoms with Crippen LogP contribution in [0.25, 0.3) is 11.0 Å². The highest BCUT2D eigenvalue weighted by molar-refractivity contribution is 5.82. The first-order chi connectivity index (χ1) is 14.6. The number of likely N-dealkylation sites (tertiary alicyclic amines) is 1. The Balaban J connectivity index is 1.57. The molecule has 3 heterocycles. The zero-order valence-electron chi connectivity index (χ0n) is 17.2. The maximum absolute atomic E-state index is 13.3. The minimum absolute atomic E-state index is 0.00703. The number of amides is 2. The van der Waals surface area contributed by atoms with Crippen LogP contribution in [0, 0.1) is 5.92 Å². The third-order valence-electron chi connectivity index (χ3n) is 5.80. The van der Waals surface area contributed by atoms with Gasteiger partial charge < -0.3 is 19.4 Å². The Labute approximate surface area is 174 Å². The van der Waals surface area contributed by atoms with Crippen LogP contribution >= 0.6 is 0 Å². The number of rotatable bonds is 8. The monoisotopic (exact) mass is 416 g/mol. The third-order valence-corrected chi connectivity index (χ3v) is 5.80. The van der Waals surface area contributed by atoms with Crippen molar-refractivity contribution in [2.24, 2.45) is 5.92 Å². The highest BCUT2D eigenvalue weighted by Gasteiger charge is 2.36. The maximum Gasteiger partial charge on any atom is 0.233 e. The fourth-order valence-corrected chi connectivity index (χ4v) is 4.29. The molecule has 9 heteroatoms. The van der Waals surface area contributed by atoms with Crippen LogP contribution in [0.2, 0.25) is 0 Å². The fraction of sp³-hybridized carbons (Fsp3) is 0.571. The molecule has 1 aromatic heterocycles. The average Bonchev–Trinajstić information content (AvgIpc) is 3.40. The molecule has 1 aromatic carbocycles. The summed E-state index contributed by atoms with van der Waals surface area (Å²) in [5.41, 5.74) is 1.62. The largest absolute Gasteiger partial charge is 0.486 e. The van der Waals surface area contributed by atoms with Crippen molar-refractivity contribution in [3.05, 3.63) is 18.0 Å². The number of hydrogen-bond acceptors (Lipinski definition) is 6. The molecule has 1 saturated heterocycles. The van der Waals surface area contributed by atoms with E-state index in [1.54, 1.807) is 0 Å². The number of fused-ring (bicyclic) bond motifs is 2. The van der Waals surface area contributed by atoms with Gasteiger partial charge in [0, 0.05) is 18.7 Å². The van der Waals surface area contributed by atoms with Crippen molar-refractivity contribution >= 4 is 23.4 Å². The van der Waals surface area contributed by atoms with Crippen LogP contribution in [0.1, 0.15) is 50.9 Å². The van der Waals surface area contributed by atoms with Gasteiger partial charge in [-0.05, 0) is 19.3 Å². The molecule has 162 valence electrons. The van der Waals surface area contributed by atoms with Gasteiger partial charge in [0.05, 0.1) is 29.5 Å². The first-order valence-electron chi connectivity index (χ1n) is 10.6. The first kappa shape index (κ1) is 20.5. The molecule has 2 N–H and O–H groups in total. The van der Waals surface area contributed by atoms with Crippen LogP contribution in [0.15, 0.2) is 12.1 Å². The summed E-state index contributed by atoms with van der Waals surface area (Å²) in [6, 6.07) is 3.60. The molecule has 0 aliphatic carbocycles. The van der Waals surface area contributed by atoms with Gasteiger partial charge in [-0.3, -0.25) is 14.8 Å². The van der Waals surface area contributed by atoms with E-state index in [0.717, 1.165) is 42.5 Å². The molecular formula is C21H28N4O5. The van der Waals surface area contributed by atoms with E-state index in [2.05, 4.69) is 11.9 Å². The minimum Gasteiger partial charge on any atom is -0.486 e. The quantitative estimate of drug-likeness (QED) is 0.389. The lowest BCUT2D eigenvalue weighted by molar-refractivity contribution is -0.157. The van der Waals surface area contributed by atoms with Crippen LogP contribution < -0.4 is 9.47 Å². The predicted octanol–water partition coefficient (Wildman–Crippen LogP) is 2.65. The molecular weight excluding hydrogens is 388 g/mol. The van der Waals surface area contributed by atoms with E-state index in [1.807, 2.05) is 17.0 Å². The lowest BCUT2D eigenvalue weighted by Gasteiger charge is -2.29. The standard InChI is InChI=1S/C21H28N4O5/c1-2-3-5-14(12-24(28)13-26)21(27)25-7-4-6-17(25)20-22-15-10-18-19(11-16(15)23-20)30-9-8-29-18/h10-11,13-14,17,28H,2-9,12H2,1H3,(H,22,23)/t14-,17+/m1/s1. The molecule has 1 fully saturated rings. The Morgan fingerprint density at radius 1 is 1.40 bits per heavy atom. The summed E-state index contributed by atoms with van der Waals surface area (Å²) < 4.78 is 11.3. The summed E-state index contributed by atoms with van der Waals surface area (Å²) in [5.74, 6) is 1.64. The second-order valence-electron chi connectivity index (χ2n) is 7.89. The number of carbonyl (C=O) groups is 2. The molecule has 30 heavy (non-hydrogen) atoms. The number of hydrogen-bond donors (Lipinski definition) is 2. The third kappa shape index (κ3) is 4.07. The molecule has 0 spiro atoms. The summed E-state index contributed by atoms with van der Waals surface area (Å²) in [7, 11) is 0. The minimum atomic E-state index is -0.431. The lowest BCUT2D eigenvalue weighted by atomic mass is 9.99. The van der Waals surface area contributed by atoms with Crippen LogP contribution in [0.4, 0.5) is 0 Å². The van der Waals surface area contributed by atoms with Gasteiger partial charge >= 0.3 is 0 Å². The molecule has 0 bridgehead atoms. The van der Waals surface area contributed by atoms with E-state index in [4.69, 9.17) is 14.5 Å². The van der Waals surface area contributed by atoms with Gasteiger partial charge in [-0.15, -0.1) is 0 Å². The van der Waals surface area contributed by atoms with Crippen molar-refractivity contribution in [1.82, 2.24) is 19.9 Å². The van der Waals surface area contributed by atoms with E-state index < -0.39 is 5.92 Å². The molecule has 2 aromatic rings. The van der Waals surface area contributed by atoms with Crippen LogP contribution in [-0.4, -0.2) is 63.8 Å². The zero-order valence-corrected chi connectivity index (χ0v) is 17.2. The van der Waals surface area contributed by atoms with Crippen molar-refractivity contribution in [1.29, 1.82) is 0 Å². The van der Waals surface area contributed by atoms with Crippen molar-refractivity contribution in [2.45, 2.75) is 45.1 Å². The molecule has 0 radical (unpaired) electrons. The van der Waals surface area contributed by atoms with Crippen LogP contribution in [0.3, 0.4) is 0 Å². The van der Waals surface area contributed by atoms with Crippen molar-refractivity contribution in [3.63, 3.8) is 0 Å². The SMILES string of the molecule is CCCC[C@H](CN(O)C=O)C(=O)N1CCC[C@H]1c1nc2cc3c(cc2[nH]1)OCCO3. The Hall–Kier alpha value is -2.81. The topological polar surface area (TPSA) is 108 Å². The highest BCUT2D eigenvalue weighted by Crippen LogP contribution is 2.37. The van der Waals surface area contributed by atoms with Crippen molar-refractivity contribution in [2.75, 3.05) is 26.3 Å². The number of imidazole rings is 1. The van der Waals surface area contributed by atoms with Gasteiger partial charge in [0.2, 0.25) is 12.3 Å². The summed E-state index contributed by atoms with van der Waals surface area (Å²) in [6.07, 6.45) is 4.47. The number of carbonyl (C=O) groups excluding carboxylic acids is 2. The van der Waals surface area contributed by atoms with Crippen molar-refractivity contribution in [3.8, 4) is 11.5 Å². The number of aromatic amines is 1. The summed E-state index contributed by atoms with van der Waals surface area (Å²) in [4.78, 5) is 34.1. The summed E-state index contributed by atoms with van der Waals surface area (Å²) in [6.45, 7) is 3.73. The van der Waals surface area contributed by atoms with Gasteiger partial charge in [0.1, 0.15) is 19.0 Å². The van der Waals surface area contributed by atoms with Gasteiger partial charge in [-0.1, -0.05) is 19.8 Å². The average molecular weight is 416 g/mol. The zero-order chi connectivity index (χ0) is 21.1. The Morgan fingerprint density at radius 2 is 2.17 bits per heavy atom. The van der Waals surface area contributed by atoms with E-state index in [1.165, 1.54) is 0 Å². The predicted molar refractivity (Wildman–Crippen MR) is 108 cm³/mol. The Bertz CT molecular complexity index is 871. The summed E-state index contributed by atoms with van der Waals surface area (Å²) >= 11 is 0. The number of H-pyrrole nitrogens is 1. The maximum atomic E-state index is 13.3. The van der Waals surface area contributed by atoms with Crippen molar-refractivity contribution < 1.29 is 24.3 Å². The van der Waals surface area contributed by atoms with Crippen LogP contribution in [-0.2, 0) is 9.59 Å². The number of nitrogens with one attached hydrogen (secondary N) is 1. The molecule has 2 amide bonds. The molecule has 9 nitrogen and oxygen atoms in total. The van der Waals surface area contributed by atoms with E-state index in [-0.39, 0.29) is 18.5 Å². The normalized spacial score (nSPS) is 19.1. The van der Waals surface area contributed by atoms with E-state index in [9.17, 15) is 14.8 Å². The van der Waals surface area contributed by atoms with E-state index in [0.29, 0.717) is 49.2 Å². The summed E-state index contributed by atoms with van der Waals surface area (Å²) in [5, 5.41) is 10.2. The number of hydroxylamine groups is 2. The Kier molecular flexibility index (Phi) is 6.08. The second kappa shape index (κ2) is 8.91. The molecule has 2 aliphatic heterocycles. The molecule has 0 unspecified atom stereocenters. The molecule has 2 atom stereocenters. The molecule has 4 rings (SSSR count). The lowest BCUT2D eigenvalue weighted by Crippen LogP contribution is -2.40. The Morgan fingerprint density at radius 3 is 2.90 bits per heavy atom. The smallest absolute Gasteiger partial charge is 0.233 e. The number of ether oxygens (including phenoxy) is 2. The van der Waals surface area contributed by atoms with E-state index >= 15 is 0 Å². The van der Waals surface area contributed by atoms with Gasteiger partial charge in [-0.25, -0.2) is 10.0 Å². The fourth-order valence-electron chi connectivity index (χ4n) is 4.29. The number of benzene rings is 1. The first-order valence-corrected chi connectivity index (χ1v) is 10.6. The van der Waals surface area contributed by atoms with Gasteiger partial charge in [-0.2, -0.15) is 0 Å². The second-order valence-corrected chi connectivity index (χ2v) is 7.89. The van der Waals surface area contributed by atoms with Gasteiger partial charge in [0.25, 0.3) is 0 Å². The van der Waals surface area contributed by atoms with Crippen LogP contribution in [0.5, 0.6) is 11.5 Å². The molecule has 0 saturated carbocycles. The number of unbranched alkanes of at least 4 members (excludes halogenated alkanes) is 1.